The van der Waals surface area contributed by atoms with Crippen LogP contribution >= 0.6 is 11.8 Å². The summed E-state index contributed by atoms with van der Waals surface area (Å²) in [6.45, 7) is 3.51. The fraction of sp³-hybridized carbons (Fsp3) is 0.583. The van der Waals surface area contributed by atoms with Crippen LogP contribution in [0.4, 0.5) is 0 Å². The molecule has 0 radical (unpaired) electrons. The van der Waals surface area contributed by atoms with Crippen molar-refractivity contribution in [3.63, 3.8) is 0 Å². The molecule has 2 aromatic heterocycles. The van der Waals surface area contributed by atoms with Gasteiger partial charge in [0.15, 0.2) is 5.16 Å². The minimum atomic E-state index is 0.441. The Hall–Kier alpha value is -1.34. The van der Waals surface area contributed by atoms with Crippen LogP contribution in [0.1, 0.15) is 24.7 Å². The Morgan fingerprint density at radius 3 is 2.84 bits per heavy atom. The Balaban J connectivity index is 1.93. The monoisotopic (exact) mass is 280 g/mol. The molecule has 0 aliphatic rings. The first-order valence-electron chi connectivity index (χ1n) is 6.47. The van der Waals surface area contributed by atoms with E-state index in [1.165, 1.54) is 5.56 Å². The fourth-order valence-corrected chi connectivity index (χ4v) is 2.86. The molecule has 0 aromatic carbocycles. The lowest BCUT2D eigenvalue weighted by molar-refractivity contribution is 0.592. The van der Waals surface area contributed by atoms with Crippen molar-refractivity contribution in [2.75, 3.05) is 5.75 Å². The van der Waals surface area contributed by atoms with E-state index in [-0.39, 0.29) is 0 Å². The summed E-state index contributed by atoms with van der Waals surface area (Å²) in [7, 11) is 1.93. The molecule has 0 fully saturated rings. The number of rotatable bonds is 7. The van der Waals surface area contributed by atoms with Crippen molar-refractivity contribution in [2.45, 2.75) is 38.0 Å². The van der Waals surface area contributed by atoms with E-state index in [0.29, 0.717) is 6.54 Å². The summed E-state index contributed by atoms with van der Waals surface area (Å²) in [6, 6.07) is 0. The maximum Gasteiger partial charge on any atom is 0.191 e. The number of aromatic nitrogens is 5. The smallest absolute Gasteiger partial charge is 0.191 e. The van der Waals surface area contributed by atoms with E-state index in [1.807, 2.05) is 24.1 Å². The van der Waals surface area contributed by atoms with Crippen molar-refractivity contribution < 1.29 is 0 Å². The third kappa shape index (κ3) is 3.57. The van der Waals surface area contributed by atoms with Gasteiger partial charge < -0.3 is 10.3 Å². The molecule has 0 saturated heterocycles. The number of aryl methyl sites for hydroxylation is 2. The summed E-state index contributed by atoms with van der Waals surface area (Å²) in [5, 5.41) is 13.5. The van der Waals surface area contributed by atoms with Gasteiger partial charge in [-0.15, -0.1) is 10.2 Å². The van der Waals surface area contributed by atoms with Crippen molar-refractivity contribution in [3.8, 4) is 0 Å². The molecule has 6 nitrogen and oxygen atoms in total. The number of hydrogen-bond acceptors (Lipinski definition) is 5. The van der Waals surface area contributed by atoms with E-state index in [9.17, 15) is 0 Å². The van der Waals surface area contributed by atoms with Gasteiger partial charge in [-0.3, -0.25) is 4.68 Å². The van der Waals surface area contributed by atoms with Gasteiger partial charge in [-0.1, -0.05) is 18.7 Å². The Labute approximate surface area is 117 Å². The second kappa shape index (κ2) is 6.72. The second-order valence-corrected chi connectivity index (χ2v) is 5.44. The zero-order valence-corrected chi connectivity index (χ0v) is 12.2. The first kappa shape index (κ1) is 14.1. The van der Waals surface area contributed by atoms with Crippen LogP contribution < -0.4 is 5.73 Å². The number of thioether (sulfide) groups is 1. The third-order valence-electron chi connectivity index (χ3n) is 2.80. The van der Waals surface area contributed by atoms with E-state index in [0.717, 1.165) is 36.1 Å². The largest absolute Gasteiger partial charge is 0.324 e. The van der Waals surface area contributed by atoms with Gasteiger partial charge in [-0.25, -0.2) is 0 Å². The van der Waals surface area contributed by atoms with Crippen LogP contribution in [0.15, 0.2) is 17.6 Å². The Bertz CT molecular complexity index is 518. The highest BCUT2D eigenvalue weighted by molar-refractivity contribution is 7.99. The van der Waals surface area contributed by atoms with Crippen LogP contribution in [0.5, 0.6) is 0 Å². The van der Waals surface area contributed by atoms with Crippen LogP contribution in [-0.4, -0.2) is 30.3 Å². The minimum absolute atomic E-state index is 0.441. The summed E-state index contributed by atoms with van der Waals surface area (Å²) in [6.07, 6.45) is 5.99. The first-order valence-corrected chi connectivity index (χ1v) is 7.45. The van der Waals surface area contributed by atoms with Crippen LogP contribution in [0, 0.1) is 0 Å². The lowest BCUT2D eigenvalue weighted by atomic mass is 10.3. The van der Waals surface area contributed by atoms with E-state index >= 15 is 0 Å². The average molecular weight is 280 g/mol. The summed E-state index contributed by atoms with van der Waals surface area (Å²) < 4.78 is 3.94. The molecule has 0 saturated carbocycles. The number of hydrogen-bond donors (Lipinski definition) is 1. The van der Waals surface area contributed by atoms with Crippen LogP contribution in [0.2, 0.25) is 0 Å². The summed E-state index contributed by atoms with van der Waals surface area (Å²) >= 11 is 1.72. The van der Waals surface area contributed by atoms with Crippen LogP contribution in [0.25, 0.3) is 0 Å². The van der Waals surface area contributed by atoms with Gasteiger partial charge in [-0.05, 0) is 18.4 Å². The molecule has 2 rings (SSSR count). The van der Waals surface area contributed by atoms with Gasteiger partial charge in [0.25, 0.3) is 0 Å². The molecule has 2 heterocycles. The molecule has 0 unspecified atom stereocenters. The first-order chi connectivity index (χ1) is 9.24. The SMILES string of the molecule is CCCn1c(CN)nnc1SCCc1cnn(C)c1. The summed E-state index contributed by atoms with van der Waals surface area (Å²) in [4.78, 5) is 0. The molecule has 0 bridgehead atoms. The Morgan fingerprint density at radius 1 is 1.37 bits per heavy atom. The molecule has 2 aromatic rings. The van der Waals surface area contributed by atoms with Gasteiger partial charge in [0.2, 0.25) is 0 Å². The molecular weight excluding hydrogens is 260 g/mol. The van der Waals surface area contributed by atoms with Crippen LogP contribution in [-0.2, 0) is 26.6 Å². The summed E-state index contributed by atoms with van der Waals surface area (Å²) in [5.74, 6) is 1.84. The average Bonchev–Trinajstić information content (AvgIpc) is 2.98. The minimum Gasteiger partial charge on any atom is -0.324 e. The molecule has 7 heteroatoms. The lowest BCUT2D eigenvalue weighted by Crippen LogP contribution is -2.09. The lowest BCUT2D eigenvalue weighted by Gasteiger charge is -2.06. The molecular formula is C12H20N6S. The van der Waals surface area contributed by atoms with E-state index in [1.54, 1.807) is 11.8 Å². The molecule has 0 aliphatic carbocycles. The van der Waals surface area contributed by atoms with E-state index in [4.69, 9.17) is 5.73 Å². The van der Waals surface area contributed by atoms with Crippen molar-refractivity contribution in [3.05, 3.63) is 23.8 Å². The van der Waals surface area contributed by atoms with Crippen molar-refractivity contribution in [1.82, 2.24) is 24.5 Å². The quantitative estimate of drug-likeness (QED) is 0.772. The zero-order valence-electron chi connectivity index (χ0n) is 11.4. The van der Waals surface area contributed by atoms with Gasteiger partial charge in [0, 0.05) is 25.5 Å². The molecule has 0 amide bonds. The molecule has 0 aliphatic heterocycles. The molecule has 0 atom stereocenters. The van der Waals surface area contributed by atoms with Gasteiger partial charge in [-0.2, -0.15) is 5.10 Å². The van der Waals surface area contributed by atoms with E-state index < -0.39 is 0 Å². The maximum absolute atomic E-state index is 5.67. The van der Waals surface area contributed by atoms with Crippen molar-refractivity contribution >= 4 is 11.8 Å². The van der Waals surface area contributed by atoms with Gasteiger partial charge in [0.05, 0.1) is 12.7 Å². The second-order valence-electron chi connectivity index (χ2n) is 4.38. The van der Waals surface area contributed by atoms with Crippen molar-refractivity contribution in [1.29, 1.82) is 0 Å². The highest BCUT2D eigenvalue weighted by atomic mass is 32.2. The Kier molecular flexibility index (Phi) is 4.98. The number of nitrogens with two attached hydrogens (primary N) is 1. The maximum atomic E-state index is 5.67. The molecule has 0 spiro atoms. The van der Waals surface area contributed by atoms with Crippen LogP contribution in [0.3, 0.4) is 0 Å². The van der Waals surface area contributed by atoms with Crippen molar-refractivity contribution in [2.24, 2.45) is 12.8 Å². The normalized spacial score (nSPS) is 11.1. The number of nitrogens with zero attached hydrogens (tertiary/aromatic N) is 5. The standard InChI is InChI=1S/C12H20N6S/c1-3-5-18-11(7-13)15-16-12(18)19-6-4-10-8-14-17(2)9-10/h8-9H,3-7,13H2,1-2H3. The zero-order chi connectivity index (χ0) is 13.7. The highest BCUT2D eigenvalue weighted by Crippen LogP contribution is 2.18. The highest BCUT2D eigenvalue weighted by Gasteiger charge is 2.10. The Morgan fingerprint density at radius 2 is 2.21 bits per heavy atom. The van der Waals surface area contributed by atoms with Gasteiger partial charge in [0.1, 0.15) is 5.82 Å². The molecule has 19 heavy (non-hydrogen) atoms. The molecule has 104 valence electrons. The summed E-state index contributed by atoms with van der Waals surface area (Å²) in [5.41, 5.74) is 6.92. The molecule has 2 N–H and O–H groups in total. The van der Waals surface area contributed by atoms with Gasteiger partial charge >= 0.3 is 0 Å². The predicted molar refractivity (Wildman–Crippen MR) is 75.8 cm³/mol. The van der Waals surface area contributed by atoms with E-state index in [2.05, 4.69) is 26.8 Å². The predicted octanol–water partition coefficient (Wildman–Crippen LogP) is 1.22. The topological polar surface area (TPSA) is 74.6 Å². The third-order valence-corrected chi connectivity index (χ3v) is 3.77. The fourth-order valence-electron chi connectivity index (χ4n) is 1.89.